The summed E-state index contributed by atoms with van der Waals surface area (Å²) in [4.78, 5) is 41.2. The summed E-state index contributed by atoms with van der Waals surface area (Å²) in [6, 6.07) is 26.6. The van der Waals surface area contributed by atoms with Crippen molar-refractivity contribution in [1.82, 2.24) is 29.1 Å². The number of imidazole rings is 2. The molecule has 4 aromatic carbocycles. The number of oxazole rings is 2. The van der Waals surface area contributed by atoms with Gasteiger partial charge in [0.15, 0.2) is 11.2 Å². The van der Waals surface area contributed by atoms with Crippen LogP contribution in [0.4, 0.5) is 0 Å². The van der Waals surface area contributed by atoms with E-state index in [2.05, 4.69) is 19.9 Å². The maximum absolute atomic E-state index is 12.2. The number of aromatic nitrogens is 6. The number of fused-ring (bicyclic) bond motifs is 4. The molecule has 0 unspecified atom stereocenters. The molecular formula is C38H34N6O6. The standard InChI is InChI=1S/C21H21N3O3.C17H13N3O3/c1-13-22-16-11-14(20-23-15-7-5-6-8-18(15)26-20)9-10-17(16)24(13)12-19(25)27-21(2,3)4;1-10-18-13-8-11(6-7-14(13)20(10)9-16(21)22)17-19-12-4-2-3-5-15(12)23-17/h5-11H,12H2,1-4H3;2-8H,9H2,1H3,(H,21,22). The molecule has 0 bridgehead atoms. The first kappa shape index (κ1) is 32.3. The van der Waals surface area contributed by atoms with Gasteiger partial charge in [-0.05, 0) is 95.3 Å². The van der Waals surface area contributed by atoms with Crippen molar-refractivity contribution in [2.45, 2.75) is 53.3 Å². The van der Waals surface area contributed by atoms with E-state index in [0.29, 0.717) is 17.6 Å². The van der Waals surface area contributed by atoms with Crippen LogP contribution in [-0.2, 0) is 27.4 Å². The Morgan fingerprint density at radius 1 is 0.660 bits per heavy atom. The number of benzene rings is 4. The van der Waals surface area contributed by atoms with Crippen LogP contribution in [0.2, 0.25) is 0 Å². The predicted molar refractivity (Wildman–Crippen MR) is 188 cm³/mol. The average Bonchev–Trinajstić information content (AvgIpc) is 3.83. The molecule has 4 aromatic heterocycles. The molecule has 0 spiro atoms. The fraction of sp³-hybridized carbons (Fsp3) is 0.211. The molecule has 0 aliphatic carbocycles. The maximum Gasteiger partial charge on any atom is 0.326 e. The molecule has 252 valence electrons. The van der Waals surface area contributed by atoms with Gasteiger partial charge >= 0.3 is 11.9 Å². The lowest BCUT2D eigenvalue weighted by Gasteiger charge is -2.20. The van der Waals surface area contributed by atoms with Gasteiger partial charge in [-0.15, -0.1) is 0 Å². The molecule has 0 radical (unpaired) electrons. The van der Waals surface area contributed by atoms with Crippen LogP contribution < -0.4 is 0 Å². The van der Waals surface area contributed by atoms with Gasteiger partial charge in [-0.25, -0.2) is 19.9 Å². The van der Waals surface area contributed by atoms with E-state index in [4.69, 9.17) is 18.7 Å². The van der Waals surface area contributed by atoms with Crippen LogP contribution in [0.3, 0.4) is 0 Å². The highest BCUT2D eigenvalue weighted by molar-refractivity contribution is 5.85. The first-order valence-corrected chi connectivity index (χ1v) is 16.0. The second kappa shape index (κ2) is 12.6. The van der Waals surface area contributed by atoms with Crippen LogP contribution >= 0.6 is 0 Å². The van der Waals surface area contributed by atoms with E-state index in [9.17, 15) is 9.59 Å². The number of esters is 1. The number of carboxylic acid groups (broad SMARTS) is 1. The Balaban J connectivity index is 0.000000159. The Morgan fingerprint density at radius 2 is 1.12 bits per heavy atom. The van der Waals surface area contributed by atoms with E-state index >= 15 is 0 Å². The maximum atomic E-state index is 12.2. The fourth-order valence-electron chi connectivity index (χ4n) is 5.80. The van der Waals surface area contributed by atoms with E-state index in [1.54, 1.807) is 11.5 Å². The van der Waals surface area contributed by atoms with Gasteiger partial charge in [0.25, 0.3) is 0 Å². The highest BCUT2D eigenvalue weighted by Gasteiger charge is 2.20. The Bertz CT molecular complexity index is 2480. The summed E-state index contributed by atoms with van der Waals surface area (Å²) in [5.41, 5.74) is 7.42. The van der Waals surface area contributed by atoms with Crippen LogP contribution in [0, 0.1) is 13.8 Å². The van der Waals surface area contributed by atoms with Crippen molar-refractivity contribution < 1.29 is 28.3 Å². The molecule has 0 fully saturated rings. The molecule has 12 nitrogen and oxygen atoms in total. The van der Waals surface area contributed by atoms with Gasteiger partial charge in [0.2, 0.25) is 11.8 Å². The topological polar surface area (TPSA) is 151 Å². The SMILES string of the molecule is Cc1nc2cc(-c3nc4ccccc4o3)ccc2n1CC(=O)O.Cc1nc2cc(-c3nc4ccccc4o3)ccc2n1CC(=O)OC(C)(C)C. The molecule has 8 aromatic rings. The third-order valence-electron chi connectivity index (χ3n) is 7.96. The van der Waals surface area contributed by atoms with Crippen molar-refractivity contribution >= 4 is 56.2 Å². The zero-order valence-electron chi connectivity index (χ0n) is 28.2. The van der Waals surface area contributed by atoms with Crippen LogP contribution in [0.5, 0.6) is 0 Å². The molecule has 0 atom stereocenters. The summed E-state index contributed by atoms with van der Waals surface area (Å²) in [6.45, 7) is 9.26. The number of nitrogens with zero attached hydrogens (tertiary/aromatic N) is 6. The van der Waals surface area contributed by atoms with Crippen molar-refractivity contribution in [1.29, 1.82) is 0 Å². The third kappa shape index (κ3) is 6.55. The van der Waals surface area contributed by atoms with Crippen LogP contribution in [0.15, 0.2) is 93.8 Å². The zero-order valence-corrected chi connectivity index (χ0v) is 28.2. The minimum Gasteiger partial charge on any atom is -0.480 e. The van der Waals surface area contributed by atoms with E-state index in [-0.39, 0.29) is 19.1 Å². The van der Waals surface area contributed by atoms with Gasteiger partial charge in [0.1, 0.15) is 41.4 Å². The molecule has 4 heterocycles. The highest BCUT2D eigenvalue weighted by Crippen LogP contribution is 2.29. The summed E-state index contributed by atoms with van der Waals surface area (Å²) in [5, 5.41) is 9.01. The normalized spacial score (nSPS) is 11.7. The molecule has 1 N–H and O–H groups in total. The van der Waals surface area contributed by atoms with Gasteiger partial charge in [-0.2, -0.15) is 0 Å². The number of carbonyl (C=O) groups is 2. The van der Waals surface area contributed by atoms with Crippen molar-refractivity contribution in [2.75, 3.05) is 0 Å². The summed E-state index contributed by atoms with van der Waals surface area (Å²) >= 11 is 0. The van der Waals surface area contributed by atoms with E-state index in [1.807, 2.05) is 117 Å². The molecule has 0 aliphatic heterocycles. The van der Waals surface area contributed by atoms with Crippen LogP contribution in [0.25, 0.3) is 67.2 Å². The Kier molecular flexibility index (Phi) is 8.14. The number of hydrogen-bond donors (Lipinski definition) is 1. The summed E-state index contributed by atoms with van der Waals surface area (Å²) in [5.74, 6) is 1.32. The molecule has 12 heteroatoms. The Morgan fingerprint density at radius 3 is 1.56 bits per heavy atom. The van der Waals surface area contributed by atoms with Gasteiger partial charge in [0, 0.05) is 11.1 Å². The fourth-order valence-corrected chi connectivity index (χ4v) is 5.80. The van der Waals surface area contributed by atoms with Crippen LogP contribution in [-0.4, -0.2) is 51.7 Å². The van der Waals surface area contributed by atoms with E-state index in [1.165, 1.54) is 0 Å². The first-order chi connectivity index (χ1) is 23.9. The molecule has 8 rings (SSSR count). The first-order valence-electron chi connectivity index (χ1n) is 16.0. The number of ether oxygens (including phenoxy) is 1. The molecular weight excluding hydrogens is 636 g/mol. The van der Waals surface area contributed by atoms with E-state index < -0.39 is 11.6 Å². The van der Waals surface area contributed by atoms with Crippen molar-refractivity contribution in [3.8, 4) is 22.9 Å². The number of aryl methyl sites for hydroxylation is 2. The predicted octanol–water partition coefficient (Wildman–Crippen LogP) is 7.73. The molecule has 50 heavy (non-hydrogen) atoms. The summed E-state index contributed by atoms with van der Waals surface area (Å²) in [6.07, 6.45) is 0. The Labute approximate surface area is 286 Å². The lowest BCUT2D eigenvalue weighted by Crippen LogP contribution is -2.26. The second-order valence-electron chi connectivity index (χ2n) is 12.9. The van der Waals surface area contributed by atoms with Gasteiger partial charge < -0.3 is 27.8 Å². The van der Waals surface area contributed by atoms with E-state index in [0.717, 1.165) is 61.2 Å². The number of carboxylic acids is 1. The van der Waals surface area contributed by atoms with Crippen LogP contribution in [0.1, 0.15) is 32.4 Å². The zero-order chi connectivity index (χ0) is 35.2. The van der Waals surface area contributed by atoms with Crippen molar-refractivity contribution in [3.05, 3.63) is 96.6 Å². The summed E-state index contributed by atoms with van der Waals surface area (Å²) in [7, 11) is 0. The minimum atomic E-state index is -0.893. The average molecular weight is 671 g/mol. The van der Waals surface area contributed by atoms with Gasteiger partial charge in [-0.3, -0.25) is 9.59 Å². The van der Waals surface area contributed by atoms with Crippen molar-refractivity contribution in [3.63, 3.8) is 0 Å². The molecule has 0 saturated carbocycles. The third-order valence-corrected chi connectivity index (χ3v) is 7.96. The number of carbonyl (C=O) groups excluding carboxylic acids is 1. The quantitative estimate of drug-likeness (QED) is 0.174. The van der Waals surface area contributed by atoms with Gasteiger partial charge in [-0.1, -0.05) is 24.3 Å². The number of hydrogen-bond acceptors (Lipinski definition) is 9. The number of para-hydroxylation sites is 4. The number of rotatable bonds is 6. The smallest absolute Gasteiger partial charge is 0.326 e. The monoisotopic (exact) mass is 670 g/mol. The lowest BCUT2D eigenvalue weighted by molar-refractivity contribution is -0.155. The highest BCUT2D eigenvalue weighted by atomic mass is 16.6. The summed E-state index contributed by atoms with van der Waals surface area (Å²) < 4.78 is 20.6. The second-order valence-corrected chi connectivity index (χ2v) is 12.9. The number of aliphatic carboxylic acids is 1. The Hall–Kier alpha value is -6.30. The molecule has 0 amide bonds. The minimum absolute atomic E-state index is 0.107. The molecule has 0 aliphatic rings. The van der Waals surface area contributed by atoms with Gasteiger partial charge in [0.05, 0.1) is 22.1 Å². The van der Waals surface area contributed by atoms with Crippen molar-refractivity contribution in [2.24, 2.45) is 0 Å². The lowest BCUT2D eigenvalue weighted by atomic mass is 10.2. The molecule has 0 saturated heterocycles. The largest absolute Gasteiger partial charge is 0.480 e.